The van der Waals surface area contributed by atoms with E-state index in [9.17, 15) is 14.4 Å². The smallest absolute Gasteiger partial charge is 0.251 e. The maximum atomic E-state index is 12.1. The summed E-state index contributed by atoms with van der Waals surface area (Å²) in [4.78, 5) is 33.8. The van der Waals surface area contributed by atoms with Gasteiger partial charge in [-0.2, -0.15) is 11.8 Å². The van der Waals surface area contributed by atoms with Crippen LogP contribution >= 0.6 is 11.8 Å². The second-order valence-corrected chi connectivity index (χ2v) is 6.07. The van der Waals surface area contributed by atoms with Crippen LogP contribution in [0.25, 0.3) is 0 Å². The molecule has 0 atom stereocenters. The second-order valence-electron chi connectivity index (χ2n) is 4.97. The molecule has 3 amide bonds. The fourth-order valence-electron chi connectivity index (χ4n) is 2.01. The third-order valence-corrected chi connectivity index (χ3v) is 3.89. The molecule has 0 aliphatic rings. The van der Waals surface area contributed by atoms with E-state index in [-0.39, 0.29) is 11.8 Å². The molecule has 1 aromatic carbocycles. The van der Waals surface area contributed by atoms with E-state index in [2.05, 4.69) is 16.0 Å². The Bertz CT molecular complexity index is 549. The molecule has 126 valence electrons. The molecule has 0 aliphatic carbocycles. The first-order valence-corrected chi connectivity index (χ1v) is 8.62. The number of carbonyl (C=O) groups is 3. The highest BCUT2D eigenvalue weighted by Crippen LogP contribution is 2.10. The van der Waals surface area contributed by atoms with Gasteiger partial charge in [0.1, 0.15) is 0 Å². The number of nitrogens with one attached hydrogen (secondary N) is 3. The Kier molecular flexibility index (Phi) is 8.82. The highest BCUT2D eigenvalue weighted by Gasteiger charge is 2.07. The van der Waals surface area contributed by atoms with E-state index in [0.29, 0.717) is 43.1 Å². The fourth-order valence-corrected chi connectivity index (χ4v) is 2.69. The van der Waals surface area contributed by atoms with Crippen molar-refractivity contribution >= 4 is 30.0 Å². The first kappa shape index (κ1) is 19.0. The van der Waals surface area contributed by atoms with E-state index in [4.69, 9.17) is 0 Å². The summed E-state index contributed by atoms with van der Waals surface area (Å²) in [7, 11) is 0. The van der Waals surface area contributed by atoms with Crippen LogP contribution in [0.4, 0.5) is 0 Å². The van der Waals surface area contributed by atoms with Gasteiger partial charge in [-0.25, -0.2) is 0 Å². The lowest BCUT2D eigenvalue weighted by Gasteiger charge is -2.09. The van der Waals surface area contributed by atoms with Crippen molar-refractivity contribution in [2.75, 3.05) is 24.6 Å². The molecular weight excluding hydrogens is 314 g/mol. The van der Waals surface area contributed by atoms with Crippen molar-refractivity contribution in [2.24, 2.45) is 0 Å². The van der Waals surface area contributed by atoms with Crippen LogP contribution in [0.2, 0.25) is 0 Å². The van der Waals surface area contributed by atoms with Crippen molar-refractivity contribution in [3.63, 3.8) is 0 Å². The van der Waals surface area contributed by atoms with Crippen molar-refractivity contribution in [3.8, 4) is 0 Å². The lowest BCUT2D eigenvalue weighted by atomic mass is 10.1. The van der Waals surface area contributed by atoms with Crippen LogP contribution in [0.1, 0.15) is 28.4 Å². The van der Waals surface area contributed by atoms with Gasteiger partial charge in [-0.3, -0.25) is 14.4 Å². The van der Waals surface area contributed by atoms with Crippen LogP contribution < -0.4 is 16.0 Å². The molecule has 6 nitrogen and oxygen atoms in total. The molecule has 0 saturated heterocycles. The van der Waals surface area contributed by atoms with E-state index < -0.39 is 0 Å². The number of aryl methyl sites for hydroxylation is 1. The number of hydrogen-bond donors (Lipinski definition) is 3. The molecular formula is C16H23N3O3S. The molecule has 0 spiro atoms. The largest absolute Gasteiger partial charge is 0.356 e. The monoisotopic (exact) mass is 337 g/mol. The Morgan fingerprint density at radius 3 is 2.70 bits per heavy atom. The zero-order valence-corrected chi connectivity index (χ0v) is 14.3. The second kappa shape index (κ2) is 10.7. The zero-order chi connectivity index (χ0) is 17.1. The van der Waals surface area contributed by atoms with Crippen LogP contribution in [-0.4, -0.2) is 42.8 Å². The van der Waals surface area contributed by atoms with Crippen molar-refractivity contribution in [1.29, 1.82) is 0 Å². The maximum Gasteiger partial charge on any atom is 0.251 e. The van der Waals surface area contributed by atoms with Crippen molar-refractivity contribution in [2.45, 2.75) is 20.4 Å². The first-order valence-electron chi connectivity index (χ1n) is 7.47. The predicted octanol–water partition coefficient (Wildman–Crippen LogP) is 0.840. The standard InChI is InChI=1S/C16H23N3O3S/c1-3-18-15(21)10-23-5-4-19-16(22)14-7-12(2)6-13(8-14)9-17-11-20/h6-8,11H,3-5,9-10H2,1-2H3,(H,17,20)(H,18,21)(H,19,22). The van der Waals surface area contributed by atoms with Crippen LogP contribution in [0.5, 0.6) is 0 Å². The summed E-state index contributed by atoms with van der Waals surface area (Å²) >= 11 is 1.48. The number of benzene rings is 1. The van der Waals surface area contributed by atoms with Gasteiger partial charge in [0.05, 0.1) is 5.75 Å². The van der Waals surface area contributed by atoms with E-state index in [1.54, 1.807) is 6.07 Å². The maximum absolute atomic E-state index is 12.1. The van der Waals surface area contributed by atoms with E-state index in [0.717, 1.165) is 11.1 Å². The third kappa shape index (κ3) is 7.69. The highest BCUT2D eigenvalue weighted by molar-refractivity contribution is 7.99. The highest BCUT2D eigenvalue weighted by atomic mass is 32.2. The van der Waals surface area contributed by atoms with Gasteiger partial charge in [0, 0.05) is 31.0 Å². The zero-order valence-electron chi connectivity index (χ0n) is 13.5. The SMILES string of the molecule is CCNC(=O)CSCCNC(=O)c1cc(C)cc(CNC=O)c1. The minimum atomic E-state index is -0.153. The Morgan fingerprint density at radius 1 is 1.22 bits per heavy atom. The number of hydrogen-bond acceptors (Lipinski definition) is 4. The minimum absolute atomic E-state index is 0.00910. The molecule has 0 unspecified atom stereocenters. The van der Waals surface area contributed by atoms with Gasteiger partial charge in [-0.1, -0.05) is 6.07 Å². The summed E-state index contributed by atoms with van der Waals surface area (Å²) in [5.41, 5.74) is 2.42. The molecule has 0 radical (unpaired) electrons. The average Bonchev–Trinajstić information content (AvgIpc) is 2.52. The summed E-state index contributed by atoms with van der Waals surface area (Å²) in [5, 5.41) is 8.14. The summed E-state index contributed by atoms with van der Waals surface area (Å²) in [6.45, 7) is 5.31. The normalized spacial score (nSPS) is 10.0. The third-order valence-electron chi connectivity index (χ3n) is 2.93. The van der Waals surface area contributed by atoms with E-state index in [1.807, 2.05) is 26.0 Å². The van der Waals surface area contributed by atoms with E-state index in [1.165, 1.54) is 11.8 Å². The lowest BCUT2D eigenvalue weighted by molar-refractivity contribution is -0.118. The van der Waals surface area contributed by atoms with Crippen LogP contribution in [0, 0.1) is 6.92 Å². The minimum Gasteiger partial charge on any atom is -0.356 e. The number of carbonyl (C=O) groups excluding carboxylic acids is 3. The summed E-state index contributed by atoms with van der Waals surface area (Å²) in [5.74, 6) is 0.929. The summed E-state index contributed by atoms with van der Waals surface area (Å²) < 4.78 is 0. The first-order chi connectivity index (χ1) is 11.1. The van der Waals surface area contributed by atoms with Gasteiger partial charge in [0.15, 0.2) is 0 Å². The van der Waals surface area contributed by atoms with Gasteiger partial charge in [-0.15, -0.1) is 0 Å². The van der Waals surface area contributed by atoms with Gasteiger partial charge < -0.3 is 16.0 Å². The molecule has 3 N–H and O–H groups in total. The number of thioether (sulfide) groups is 1. The quantitative estimate of drug-likeness (QED) is 0.436. The number of rotatable bonds is 10. The van der Waals surface area contributed by atoms with Crippen molar-refractivity contribution in [3.05, 3.63) is 34.9 Å². The van der Waals surface area contributed by atoms with Gasteiger partial charge in [0.25, 0.3) is 5.91 Å². The molecule has 0 aliphatic heterocycles. The fraction of sp³-hybridized carbons (Fsp3) is 0.438. The molecule has 0 heterocycles. The van der Waals surface area contributed by atoms with Crippen LogP contribution in [-0.2, 0) is 16.1 Å². The molecule has 0 fully saturated rings. The van der Waals surface area contributed by atoms with Crippen molar-refractivity contribution < 1.29 is 14.4 Å². The topological polar surface area (TPSA) is 87.3 Å². The van der Waals surface area contributed by atoms with Crippen molar-refractivity contribution in [1.82, 2.24) is 16.0 Å². The Labute approximate surface area is 140 Å². The summed E-state index contributed by atoms with van der Waals surface area (Å²) in [6.07, 6.45) is 0.633. The van der Waals surface area contributed by atoms with Gasteiger partial charge in [-0.05, 0) is 37.1 Å². The Balaban J connectivity index is 2.41. The number of amides is 3. The summed E-state index contributed by atoms with van der Waals surface area (Å²) in [6, 6.07) is 5.50. The Hall–Kier alpha value is -2.02. The molecule has 1 rings (SSSR count). The lowest BCUT2D eigenvalue weighted by Crippen LogP contribution is -2.28. The molecule has 0 saturated carbocycles. The molecule has 1 aromatic rings. The van der Waals surface area contributed by atoms with Gasteiger partial charge in [0.2, 0.25) is 12.3 Å². The molecule has 0 aromatic heterocycles. The van der Waals surface area contributed by atoms with E-state index >= 15 is 0 Å². The van der Waals surface area contributed by atoms with Gasteiger partial charge >= 0.3 is 0 Å². The van der Waals surface area contributed by atoms with Crippen LogP contribution in [0.3, 0.4) is 0 Å². The molecule has 23 heavy (non-hydrogen) atoms. The molecule has 7 heteroatoms. The Morgan fingerprint density at radius 2 is 2.00 bits per heavy atom. The van der Waals surface area contributed by atoms with Crippen LogP contribution in [0.15, 0.2) is 18.2 Å². The molecule has 0 bridgehead atoms. The predicted molar refractivity (Wildman–Crippen MR) is 92.4 cm³/mol. The average molecular weight is 337 g/mol.